The van der Waals surface area contributed by atoms with Crippen molar-refractivity contribution in [2.24, 2.45) is 0 Å². The Balaban J connectivity index is 1.21. The Morgan fingerprint density at radius 1 is 0.909 bits per heavy atom. The molecule has 0 N–H and O–H groups in total. The third kappa shape index (κ3) is 4.84. The monoisotopic (exact) mass is 490 g/mol. The molecule has 0 radical (unpaired) electrons. The number of aromatic nitrogens is 2. The largest absolute Gasteiger partial charge is 0.490 e. The van der Waals surface area contributed by atoms with Gasteiger partial charge in [-0.25, -0.2) is 8.42 Å². The number of hydrogen-bond acceptors (Lipinski definition) is 8. The van der Waals surface area contributed by atoms with Gasteiger partial charge in [-0.1, -0.05) is 11.6 Å². The van der Waals surface area contributed by atoms with Crippen LogP contribution in [0.4, 0.5) is 0 Å². The Kier molecular flexibility index (Phi) is 6.24. The fourth-order valence-corrected chi connectivity index (χ4v) is 5.36. The first-order valence-electron chi connectivity index (χ1n) is 10.7. The van der Waals surface area contributed by atoms with Crippen LogP contribution < -0.4 is 9.47 Å². The van der Waals surface area contributed by atoms with Crippen molar-refractivity contribution in [3.05, 3.63) is 53.4 Å². The van der Waals surface area contributed by atoms with Gasteiger partial charge in [0.1, 0.15) is 0 Å². The number of halogens is 1. The Hall–Kier alpha value is -2.66. The average Bonchev–Trinajstić information content (AvgIpc) is 3.15. The van der Waals surface area contributed by atoms with Crippen LogP contribution in [-0.4, -0.2) is 67.2 Å². The fourth-order valence-electron chi connectivity index (χ4n) is 3.80. The predicted molar refractivity (Wildman–Crippen MR) is 121 cm³/mol. The molecule has 2 aliphatic rings. The Labute approximate surface area is 196 Å². The minimum Gasteiger partial charge on any atom is -0.490 e. The molecular weight excluding hydrogens is 468 g/mol. The topological polar surface area (TPSA) is 98.0 Å². The molecule has 5 rings (SSSR count). The summed E-state index contributed by atoms with van der Waals surface area (Å²) in [5.41, 5.74) is 0.796. The minimum absolute atomic E-state index is 0.213. The van der Waals surface area contributed by atoms with Gasteiger partial charge in [-0.15, -0.1) is 10.2 Å². The number of sulfonamides is 1. The normalized spacial score (nSPS) is 17.6. The van der Waals surface area contributed by atoms with Crippen LogP contribution in [0.2, 0.25) is 5.02 Å². The van der Waals surface area contributed by atoms with Crippen molar-refractivity contribution in [1.82, 2.24) is 19.4 Å². The van der Waals surface area contributed by atoms with Gasteiger partial charge in [-0.2, -0.15) is 4.31 Å². The van der Waals surface area contributed by atoms with Crippen LogP contribution in [0.5, 0.6) is 11.5 Å². The van der Waals surface area contributed by atoms with Crippen LogP contribution in [-0.2, 0) is 16.6 Å². The predicted octanol–water partition coefficient (Wildman–Crippen LogP) is 3.06. The third-order valence-corrected chi connectivity index (χ3v) is 7.75. The van der Waals surface area contributed by atoms with Gasteiger partial charge in [-0.05, 0) is 36.4 Å². The summed E-state index contributed by atoms with van der Waals surface area (Å²) < 4.78 is 44.9. The Morgan fingerprint density at radius 2 is 1.64 bits per heavy atom. The van der Waals surface area contributed by atoms with Gasteiger partial charge in [0.25, 0.3) is 0 Å². The van der Waals surface area contributed by atoms with Crippen molar-refractivity contribution >= 4 is 21.6 Å². The molecule has 0 bridgehead atoms. The standard InChI is InChI=1S/C22H23ClN4O5S/c23-17-4-2-16(3-5-17)22-25-24-21(32-22)15-26-8-10-27(11-9-26)33(28,29)18-6-7-19-20(14-18)31-13-1-12-30-19/h2-7,14H,1,8-13,15H2. The molecule has 33 heavy (non-hydrogen) atoms. The molecule has 9 nitrogen and oxygen atoms in total. The zero-order valence-electron chi connectivity index (χ0n) is 17.8. The van der Waals surface area contributed by atoms with E-state index in [2.05, 4.69) is 15.1 Å². The zero-order valence-corrected chi connectivity index (χ0v) is 19.4. The third-order valence-electron chi connectivity index (χ3n) is 5.60. The van der Waals surface area contributed by atoms with Crippen molar-refractivity contribution < 1.29 is 22.3 Å². The van der Waals surface area contributed by atoms with E-state index in [-0.39, 0.29) is 4.90 Å². The molecular formula is C22H23ClN4O5S. The van der Waals surface area contributed by atoms with Crippen molar-refractivity contribution in [1.29, 1.82) is 0 Å². The average molecular weight is 491 g/mol. The summed E-state index contributed by atoms with van der Waals surface area (Å²) in [5.74, 6) is 1.96. The molecule has 2 aliphatic heterocycles. The Bertz CT molecular complexity index is 1220. The first-order valence-corrected chi connectivity index (χ1v) is 12.5. The van der Waals surface area contributed by atoms with E-state index in [0.717, 1.165) is 12.0 Å². The summed E-state index contributed by atoms with van der Waals surface area (Å²) in [6.45, 7) is 3.38. The van der Waals surface area contributed by atoms with Gasteiger partial charge in [0.05, 0.1) is 24.7 Å². The molecule has 0 atom stereocenters. The second kappa shape index (κ2) is 9.30. The van der Waals surface area contributed by atoms with Gasteiger partial charge >= 0.3 is 0 Å². The van der Waals surface area contributed by atoms with Gasteiger partial charge in [-0.3, -0.25) is 4.90 Å². The first kappa shape index (κ1) is 22.1. The fraction of sp³-hybridized carbons (Fsp3) is 0.364. The SMILES string of the molecule is O=S(=O)(c1ccc2c(c1)OCCCO2)N1CCN(Cc2nnc(-c3ccc(Cl)cc3)o2)CC1. The maximum atomic E-state index is 13.2. The molecule has 1 fully saturated rings. The first-order chi connectivity index (χ1) is 16.0. The van der Waals surface area contributed by atoms with Crippen molar-refractivity contribution in [3.63, 3.8) is 0 Å². The highest BCUT2D eigenvalue weighted by Gasteiger charge is 2.30. The van der Waals surface area contributed by atoms with E-state index < -0.39 is 10.0 Å². The minimum atomic E-state index is -3.63. The molecule has 174 valence electrons. The lowest BCUT2D eigenvalue weighted by Crippen LogP contribution is -2.48. The van der Waals surface area contributed by atoms with Crippen LogP contribution >= 0.6 is 11.6 Å². The summed E-state index contributed by atoms with van der Waals surface area (Å²) in [4.78, 5) is 2.31. The van der Waals surface area contributed by atoms with E-state index in [4.69, 9.17) is 25.5 Å². The van der Waals surface area contributed by atoms with E-state index in [1.165, 1.54) is 4.31 Å². The van der Waals surface area contributed by atoms with E-state index >= 15 is 0 Å². The molecule has 2 aromatic carbocycles. The molecule has 3 heterocycles. The highest BCUT2D eigenvalue weighted by Crippen LogP contribution is 2.33. The highest BCUT2D eigenvalue weighted by atomic mass is 35.5. The molecule has 11 heteroatoms. The second-order valence-electron chi connectivity index (χ2n) is 7.85. The van der Waals surface area contributed by atoms with Crippen LogP contribution in [0, 0.1) is 0 Å². The smallest absolute Gasteiger partial charge is 0.247 e. The van der Waals surface area contributed by atoms with Gasteiger partial charge in [0.2, 0.25) is 21.8 Å². The molecule has 0 spiro atoms. The van der Waals surface area contributed by atoms with E-state index in [9.17, 15) is 8.42 Å². The summed E-state index contributed by atoms with van der Waals surface area (Å²) in [6, 6.07) is 12.0. The molecule has 0 saturated carbocycles. The van der Waals surface area contributed by atoms with Gasteiger partial charge in [0, 0.05) is 49.3 Å². The van der Waals surface area contributed by atoms with E-state index in [1.54, 1.807) is 30.3 Å². The number of benzene rings is 2. The number of ether oxygens (including phenoxy) is 2. The summed E-state index contributed by atoms with van der Waals surface area (Å²) in [5, 5.41) is 8.86. The summed E-state index contributed by atoms with van der Waals surface area (Å²) in [6.07, 6.45) is 0.764. The molecule has 3 aromatic rings. The summed E-state index contributed by atoms with van der Waals surface area (Å²) in [7, 11) is -3.63. The zero-order chi connectivity index (χ0) is 22.8. The van der Waals surface area contributed by atoms with Crippen molar-refractivity contribution in [2.75, 3.05) is 39.4 Å². The van der Waals surface area contributed by atoms with Crippen LogP contribution in [0.1, 0.15) is 12.3 Å². The maximum absolute atomic E-state index is 13.2. The van der Waals surface area contributed by atoms with Crippen LogP contribution in [0.25, 0.3) is 11.5 Å². The van der Waals surface area contributed by atoms with Crippen LogP contribution in [0.3, 0.4) is 0 Å². The summed E-state index contributed by atoms with van der Waals surface area (Å²) >= 11 is 5.92. The number of rotatable bonds is 5. The lowest BCUT2D eigenvalue weighted by molar-refractivity contribution is 0.168. The molecule has 0 unspecified atom stereocenters. The Morgan fingerprint density at radius 3 is 2.39 bits per heavy atom. The number of piperazine rings is 1. The number of hydrogen-bond donors (Lipinski definition) is 0. The lowest BCUT2D eigenvalue weighted by atomic mass is 10.2. The molecule has 1 saturated heterocycles. The van der Waals surface area contributed by atoms with Crippen molar-refractivity contribution in [3.8, 4) is 23.0 Å². The maximum Gasteiger partial charge on any atom is 0.247 e. The molecule has 0 aliphatic carbocycles. The quantitative estimate of drug-likeness (QED) is 0.538. The number of fused-ring (bicyclic) bond motifs is 1. The van der Waals surface area contributed by atoms with Gasteiger partial charge in [0.15, 0.2) is 11.5 Å². The molecule has 1 aromatic heterocycles. The lowest BCUT2D eigenvalue weighted by Gasteiger charge is -2.33. The van der Waals surface area contributed by atoms with Crippen LogP contribution in [0.15, 0.2) is 51.8 Å². The molecule has 0 amide bonds. The van der Waals surface area contributed by atoms with Crippen molar-refractivity contribution in [2.45, 2.75) is 17.9 Å². The second-order valence-corrected chi connectivity index (χ2v) is 10.2. The number of nitrogens with zero attached hydrogens (tertiary/aromatic N) is 4. The van der Waals surface area contributed by atoms with E-state index in [0.29, 0.717) is 74.2 Å². The van der Waals surface area contributed by atoms with Gasteiger partial charge < -0.3 is 13.9 Å². The highest BCUT2D eigenvalue weighted by molar-refractivity contribution is 7.89. The van der Waals surface area contributed by atoms with E-state index in [1.807, 2.05) is 12.1 Å².